The van der Waals surface area contributed by atoms with Crippen LogP contribution in [0.3, 0.4) is 0 Å². The second-order valence-electron chi connectivity index (χ2n) is 4.29. The zero-order chi connectivity index (χ0) is 11.8. The van der Waals surface area contributed by atoms with Gasteiger partial charge in [0.05, 0.1) is 11.2 Å². The largest absolute Gasteiger partial charge is 0.368 e. The number of nitrogens with one attached hydrogen (secondary N) is 1. The van der Waals surface area contributed by atoms with Gasteiger partial charge in [0.15, 0.2) is 0 Å². The fourth-order valence-corrected chi connectivity index (χ4v) is 2.81. The minimum atomic E-state index is 0.353. The van der Waals surface area contributed by atoms with Crippen molar-refractivity contribution in [2.45, 2.75) is 12.3 Å². The number of nitrogens with two attached hydrogens (primary N) is 1. The standard InChI is InChI=1S/C12H13BrN4/c13-9-3-1-2-8-10(7-4-5-15-6-7)16-12(14)17-11(8)9/h1-3,7,15H,4-6H2,(H2,14,16,17). The number of nitrogen functional groups attached to an aromatic ring is 1. The van der Waals surface area contributed by atoms with E-state index in [1.54, 1.807) is 0 Å². The molecule has 1 aliphatic rings. The molecule has 5 heteroatoms. The normalized spacial score (nSPS) is 19.9. The van der Waals surface area contributed by atoms with E-state index in [1.165, 1.54) is 0 Å². The fraction of sp³-hybridized carbons (Fsp3) is 0.333. The number of anilines is 1. The van der Waals surface area contributed by atoms with Crippen LogP contribution in [0.15, 0.2) is 22.7 Å². The first kappa shape index (κ1) is 10.9. The van der Waals surface area contributed by atoms with Crippen LogP contribution in [0.1, 0.15) is 18.0 Å². The highest BCUT2D eigenvalue weighted by atomic mass is 79.9. The van der Waals surface area contributed by atoms with E-state index in [0.717, 1.165) is 40.6 Å². The summed E-state index contributed by atoms with van der Waals surface area (Å²) in [5.74, 6) is 0.795. The highest BCUT2D eigenvalue weighted by Gasteiger charge is 2.21. The summed E-state index contributed by atoms with van der Waals surface area (Å²) in [5, 5.41) is 4.46. The molecule has 88 valence electrons. The van der Waals surface area contributed by atoms with Crippen molar-refractivity contribution in [3.63, 3.8) is 0 Å². The molecule has 3 N–H and O–H groups in total. The van der Waals surface area contributed by atoms with Crippen molar-refractivity contribution in [3.05, 3.63) is 28.4 Å². The van der Waals surface area contributed by atoms with Crippen molar-refractivity contribution in [3.8, 4) is 0 Å². The molecule has 0 bridgehead atoms. The molecule has 0 radical (unpaired) electrons. The number of aromatic nitrogens is 2. The third kappa shape index (κ3) is 1.89. The number of hydrogen-bond acceptors (Lipinski definition) is 4. The quantitative estimate of drug-likeness (QED) is 0.844. The van der Waals surface area contributed by atoms with Crippen LogP contribution in [0.4, 0.5) is 5.95 Å². The number of halogens is 1. The van der Waals surface area contributed by atoms with Crippen molar-refractivity contribution in [1.29, 1.82) is 0 Å². The van der Waals surface area contributed by atoms with E-state index in [9.17, 15) is 0 Å². The first-order chi connectivity index (χ1) is 8.25. The van der Waals surface area contributed by atoms with Gasteiger partial charge in [-0.25, -0.2) is 9.97 Å². The Morgan fingerprint density at radius 1 is 1.35 bits per heavy atom. The lowest BCUT2D eigenvalue weighted by atomic mass is 10.0. The Morgan fingerprint density at radius 2 is 2.24 bits per heavy atom. The molecule has 2 heterocycles. The SMILES string of the molecule is Nc1nc(C2CCNC2)c2cccc(Br)c2n1. The summed E-state index contributed by atoms with van der Waals surface area (Å²) in [5.41, 5.74) is 7.77. The van der Waals surface area contributed by atoms with Crippen LogP contribution in [0.2, 0.25) is 0 Å². The third-order valence-corrected chi connectivity index (χ3v) is 3.81. The van der Waals surface area contributed by atoms with E-state index in [1.807, 2.05) is 12.1 Å². The molecule has 3 rings (SSSR count). The fourth-order valence-electron chi connectivity index (χ4n) is 2.36. The van der Waals surface area contributed by atoms with Crippen LogP contribution in [0, 0.1) is 0 Å². The highest BCUT2D eigenvalue weighted by Crippen LogP contribution is 2.30. The van der Waals surface area contributed by atoms with Gasteiger partial charge in [0.25, 0.3) is 0 Å². The van der Waals surface area contributed by atoms with Gasteiger partial charge in [-0.2, -0.15) is 0 Å². The molecule has 1 unspecified atom stereocenters. The molecule has 4 nitrogen and oxygen atoms in total. The number of benzene rings is 1. The average molecular weight is 293 g/mol. The molecule has 1 saturated heterocycles. The van der Waals surface area contributed by atoms with Crippen LogP contribution in [0.25, 0.3) is 10.9 Å². The zero-order valence-electron chi connectivity index (χ0n) is 9.28. The van der Waals surface area contributed by atoms with E-state index in [0.29, 0.717) is 11.9 Å². The van der Waals surface area contributed by atoms with E-state index in [4.69, 9.17) is 5.73 Å². The Balaban J connectivity index is 2.25. The maximum atomic E-state index is 5.80. The summed E-state index contributed by atoms with van der Waals surface area (Å²) in [6.45, 7) is 2.02. The lowest BCUT2D eigenvalue weighted by Crippen LogP contribution is -2.10. The van der Waals surface area contributed by atoms with Crippen LogP contribution in [-0.2, 0) is 0 Å². The van der Waals surface area contributed by atoms with Crippen molar-refractivity contribution < 1.29 is 0 Å². The molecular weight excluding hydrogens is 280 g/mol. The Labute approximate surface area is 108 Å². The van der Waals surface area contributed by atoms with Gasteiger partial charge in [0, 0.05) is 22.3 Å². The van der Waals surface area contributed by atoms with Gasteiger partial charge >= 0.3 is 0 Å². The smallest absolute Gasteiger partial charge is 0.220 e. The van der Waals surface area contributed by atoms with E-state index >= 15 is 0 Å². The molecule has 1 atom stereocenters. The monoisotopic (exact) mass is 292 g/mol. The Bertz CT molecular complexity index is 564. The molecule has 17 heavy (non-hydrogen) atoms. The topological polar surface area (TPSA) is 63.8 Å². The van der Waals surface area contributed by atoms with Gasteiger partial charge in [-0.15, -0.1) is 0 Å². The molecule has 0 aliphatic carbocycles. The molecule has 0 amide bonds. The van der Waals surface area contributed by atoms with E-state index < -0.39 is 0 Å². The first-order valence-corrected chi connectivity index (χ1v) is 6.47. The Kier molecular flexibility index (Phi) is 2.72. The Hall–Kier alpha value is -1.20. The summed E-state index contributed by atoms with van der Waals surface area (Å²) >= 11 is 3.51. The van der Waals surface area contributed by atoms with Gasteiger partial charge in [0.2, 0.25) is 5.95 Å². The zero-order valence-corrected chi connectivity index (χ0v) is 10.9. The molecule has 1 aliphatic heterocycles. The highest BCUT2D eigenvalue weighted by molar-refractivity contribution is 9.10. The molecule has 1 aromatic carbocycles. The predicted molar refractivity (Wildman–Crippen MR) is 71.9 cm³/mol. The van der Waals surface area contributed by atoms with Gasteiger partial charge in [-0.3, -0.25) is 0 Å². The minimum Gasteiger partial charge on any atom is -0.368 e. The van der Waals surface area contributed by atoms with Gasteiger partial charge in [0.1, 0.15) is 0 Å². The lowest BCUT2D eigenvalue weighted by Gasteiger charge is -2.12. The molecule has 2 aromatic rings. The second kappa shape index (κ2) is 4.23. The van der Waals surface area contributed by atoms with E-state index in [-0.39, 0.29) is 0 Å². The van der Waals surface area contributed by atoms with E-state index in [2.05, 4.69) is 37.3 Å². The number of para-hydroxylation sites is 1. The van der Waals surface area contributed by atoms with Crippen LogP contribution < -0.4 is 11.1 Å². The number of fused-ring (bicyclic) bond motifs is 1. The third-order valence-electron chi connectivity index (χ3n) is 3.17. The number of hydrogen-bond donors (Lipinski definition) is 2. The van der Waals surface area contributed by atoms with Crippen LogP contribution in [0.5, 0.6) is 0 Å². The van der Waals surface area contributed by atoms with Gasteiger partial charge < -0.3 is 11.1 Å². The molecular formula is C12H13BrN4. The predicted octanol–water partition coefficient (Wildman–Crippen LogP) is 2.05. The maximum Gasteiger partial charge on any atom is 0.220 e. The maximum absolute atomic E-state index is 5.80. The molecule has 1 fully saturated rings. The van der Waals surface area contributed by atoms with Crippen molar-refractivity contribution in [2.75, 3.05) is 18.8 Å². The van der Waals surface area contributed by atoms with Crippen LogP contribution in [-0.4, -0.2) is 23.1 Å². The van der Waals surface area contributed by atoms with Gasteiger partial charge in [-0.05, 0) is 35.0 Å². The molecule has 0 saturated carbocycles. The van der Waals surface area contributed by atoms with Gasteiger partial charge in [-0.1, -0.05) is 12.1 Å². The first-order valence-electron chi connectivity index (χ1n) is 5.68. The van der Waals surface area contributed by atoms with Crippen LogP contribution >= 0.6 is 15.9 Å². The van der Waals surface area contributed by atoms with Crippen molar-refractivity contribution in [2.24, 2.45) is 0 Å². The summed E-state index contributed by atoms with van der Waals surface area (Å²) < 4.78 is 0.969. The summed E-state index contributed by atoms with van der Waals surface area (Å²) in [7, 11) is 0. The molecule has 0 spiro atoms. The van der Waals surface area contributed by atoms with Crippen molar-refractivity contribution >= 4 is 32.8 Å². The summed E-state index contributed by atoms with van der Waals surface area (Å²) in [4.78, 5) is 8.74. The van der Waals surface area contributed by atoms with Crippen molar-refractivity contribution in [1.82, 2.24) is 15.3 Å². The Morgan fingerprint density at radius 3 is 3.00 bits per heavy atom. The molecule has 1 aromatic heterocycles. The number of rotatable bonds is 1. The minimum absolute atomic E-state index is 0.353. The average Bonchev–Trinajstić information content (AvgIpc) is 2.83. The lowest BCUT2D eigenvalue weighted by molar-refractivity contribution is 0.742. The number of nitrogens with zero attached hydrogens (tertiary/aromatic N) is 2. The summed E-state index contributed by atoms with van der Waals surface area (Å²) in [6, 6.07) is 6.05. The summed E-state index contributed by atoms with van der Waals surface area (Å²) in [6.07, 6.45) is 1.11. The second-order valence-corrected chi connectivity index (χ2v) is 5.15.